The molecule has 1 aliphatic heterocycles. The van der Waals surface area contributed by atoms with Gasteiger partial charge in [0.2, 0.25) is 11.8 Å². The van der Waals surface area contributed by atoms with Crippen molar-refractivity contribution in [2.45, 2.75) is 107 Å². The second-order valence-corrected chi connectivity index (χ2v) is 19.9. The third-order valence-electron chi connectivity index (χ3n) is 10.8. The minimum absolute atomic E-state index is 0.0251. The van der Waals surface area contributed by atoms with Crippen LogP contribution in [0.15, 0.2) is 108 Å². The van der Waals surface area contributed by atoms with Gasteiger partial charge in [0, 0.05) is 50.0 Å². The Kier molecular flexibility index (Phi) is 21.2. The number of nitrogens with one attached hydrogen (secondary N) is 1. The molecule has 1 N–H and O–H groups in total. The molecule has 1 saturated heterocycles. The van der Waals surface area contributed by atoms with E-state index in [0.29, 0.717) is 44.5 Å². The number of nitrogens with zero attached hydrogens (tertiary/aromatic N) is 4. The van der Waals surface area contributed by atoms with E-state index in [9.17, 15) is 14.9 Å². The summed E-state index contributed by atoms with van der Waals surface area (Å²) in [6.07, 6.45) is 5.29. The number of nitriles is 1. The largest absolute Gasteiger partial charge is 0.497 e. The van der Waals surface area contributed by atoms with E-state index in [4.69, 9.17) is 23.3 Å². The average molecular weight is 930 g/mol. The lowest BCUT2D eigenvalue weighted by Crippen LogP contribution is -2.42. The number of methoxy groups -OCH3 is 2. The van der Waals surface area contributed by atoms with Crippen LogP contribution in [0.25, 0.3) is 0 Å². The molecule has 2 heterocycles. The second kappa shape index (κ2) is 26.7. The molecule has 0 saturated carbocycles. The summed E-state index contributed by atoms with van der Waals surface area (Å²) in [4.78, 5) is 33.1. The van der Waals surface area contributed by atoms with Crippen LogP contribution in [-0.4, -0.2) is 96.9 Å². The van der Waals surface area contributed by atoms with Gasteiger partial charge in [-0.3, -0.25) is 9.59 Å². The number of carbonyl (C=O) groups excluding carboxylic acids is 2. The van der Waals surface area contributed by atoms with E-state index in [1.54, 1.807) is 42.0 Å². The number of rotatable bonds is 27. The summed E-state index contributed by atoms with van der Waals surface area (Å²) >= 11 is 0. The van der Waals surface area contributed by atoms with Crippen molar-refractivity contribution in [3.63, 3.8) is 0 Å². The van der Waals surface area contributed by atoms with Crippen molar-refractivity contribution >= 4 is 41.9 Å². The number of pyridine rings is 1. The van der Waals surface area contributed by atoms with Gasteiger partial charge in [-0.05, 0) is 111 Å². The van der Waals surface area contributed by atoms with Crippen LogP contribution in [0.3, 0.4) is 0 Å². The van der Waals surface area contributed by atoms with Crippen LogP contribution >= 0.6 is 30.1 Å². The summed E-state index contributed by atoms with van der Waals surface area (Å²) in [5.74, 6) is 2.21. The molecule has 1 aliphatic rings. The first-order valence-electron chi connectivity index (χ1n) is 22.1. The number of carbonyl (C=O) groups is 2. The quantitative estimate of drug-likeness (QED) is 0.0264. The summed E-state index contributed by atoms with van der Waals surface area (Å²) in [6, 6.07) is 33.9. The zero-order valence-corrected chi connectivity index (χ0v) is 40.5. The lowest BCUT2D eigenvalue weighted by atomic mass is 9.80. The number of hydrogen-bond acceptors (Lipinski definition) is 12. The van der Waals surface area contributed by atoms with Gasteiger partial charge in [-0.2, -0.15) is 5.26 Å². The summed E-state index contributed by atoms with van der Waals surface area (Å²) < 4.78 is 33.8. The first kappa shape index (κ1) is 50.8. The Balaban J connectivity index is 1.33. The fraction of sp³-hybridized carbons (Fsp3) is 0.469. The van der Waals surface area contributed by atoms with Crippen molar-refractivity contribution in [2.24, 2.45) is 0 Å². The molecule has 12 nitrogen and oxygen atoms in total. The smallest absolute Gasteiger partial charge is 0.259 e. The van der Waals surface area contributed by atoms with E-state index in [1.165, 1.54) is 0 Å². The van der Waals surface area contributed by atoms with Gasteiger partial charge in [0.25, 0.3) is 8.53 Å². The van der Waals surface area contributed by atoms with Crippen molar-refractivity contribution in [2.75, 3.05) is 46.3 Å². The lowest BCUT2D eigenvalue weighted by Gasteiger charge is -2.38. The monoisotopic (exact) mass is 929 g/mol. The molecule has 0 aliphatic carbocycles. The second-order valence-electron chi connectivity index (χ2n) is 16.0. The van der Waals surface area contributed by atoms with Gasteiger partial charge in [-0.15, -0.1) is 0 Å². The molecule has 2 amide bonds. The third kappa shape index (κ3) is 14.7. The van der Waals surface area contributed by atoms with E-state index in [2.05, 4.69) is 60.9 Å². The van der Waals surface area contributed by atoms with Gasteiger partial charge in [0.1, 0.15) is 22.1 Å². The highest BCUT2D eigenvalue weighted by Crippen LogP contribution is 2.49. The van der Waals surface area contributed by atoms with Gasteiger partial charge in [-0.1, -0.05) is 77.9 Å². The third-order valence-corrected chi connectivity index (χ3v) is 15.3. The number of likely N-dealkylation sites (tertiary alicyclic amines) is 1. The van der Waals surface area contributed by atoms with Crippen LogP contribution in [0.5, 0.6) is 11.5 Å². The molecule has 1 unspecified atom stereocenters. The molecule has 1 fully saturated rings. The van der Waals surface area contributed by atoms with Crippen molar-refractivity contribution in [3.05, 3.63) is 120 Å². The first-order valence-corrected chi connectivity index (χ1v) is 25.5. The van der Waals surface area contributed by atoms with Gasteiger partial charge >= 0.3 is 0 Å². The zero-order valence-electron chi connectivity index (χ0n) is 38.0. The Morgan fingerprint density at radius 2 is 1.52 bits per heavy atom. The fourth-order valence-corrected chi connectivity index (χ4v) is 11.4. The van der Waals surface area contributed by atoms with Crippen LogP contribution in [0.2, 0.25) is 0 Å². The summed E-state index contributed by atoms with van der Waals surface area (Å²) in [7, 11) is 4.95. The van der Waals surface area contributed by atoms with Crippen molar-refractivity contribution < 1.29 is 32.8 Å². The van der Waals surface area contributed by atoms with Crippen molar-refractivity contribution in [1.29, 1.82) is 5.26 Å². The normalized spacial score (nSPS) is 15.7. The topological polar surface area (TPSA) is 135 Å². The van der Waals surface area contributed by atoms with Gasteiger partial charge < -0.3 is 33.5 Å². The van der Waals surface area contributed by atoms with Gasteiger partial charge in [0.05, 0.1) is 52.1 Å². The molecule has 0 radical (unpaired) electrons. The minimum Gasteiger partial charge on any atom is -0.497 e. The molecule has 1 aromatic heterocycles. The highest BCUT2D eigenvalue weighted by atomic mass is 33.1. The fourth-order valence-electron chi connectivity index (χ4n) is 7.80. The van der Waals surface area contributed by atoms with Crippen LogP contribution in [0.1, 0.15) is 89.3 Å². The minimum atomic E-state index is -1.53. The number of amides is 2. The number of unbranched alkanes of at least 4 members (excludes halogenated alkanes) is 2. The van der Waals surface area contributed by atoms with E-state index >= 15 is 0 Å². The summed E-state index contributed by atoms with van der Waals surface area (Å²) in [5.41, 5.74) is 1.68. The van der Waals surface area contributed by atoms with Crippen LogP contribution in [0.4, 0.5) is 0 Å². The zero-order chi connectivity index (χ0) is 45.7. The van der Waals surface area contributed by atoms with Crippen LogP contribution < -0.4 is 14.8 Å². The predicted molar refractivity (Wildman–Crippen MR) is 257 cm³/mol. The molecule has 15 heteroatoms. The Hall–Kier alpha value is -4.19. The SMILES string of the molecule is COc1ccc(C(OC[C@@H]2C[C@@H](OP(OCCC#N)N(C(C)C)C(C)C)CN2C(=O)CCCCCNC(=O)CCSSc2ccccn2)(c2ccccc2)c2ccc(OC)cc2)cc1. The van der Waals surface area contributed by atoms with Gasteiger partial charge in [0.15, 0.2) is 0 Å². The maximum absolute atomic E-state index is 14.4. The molecule has 344 valence electrons. The van der Waals surface area contributed by atoms with Crippen molar-refractivity contribution in [3.8, 4) is 17.6 Å². The molecule has 3 aromatic carbocycles. The van der Waals surface area contributed by atoms with Gasteiger partial charge in [-0.25, -0.2) is 9.65 Å². The number of aromatic nitrogens is 1. The van der Waals surface area contributed by atoms with E-state index in [-0.39, 0.29) is 55.7 Å². The highest BCUT2D eigenvalue weighted by Gasteiger charge is 2.43. The van der Waals surface area contributed by atoms with E-state index in [0.717, 1.165) is 46.1 Å². The molecular weight excluding hydrogens is 866 g/mol. The Morgan fingerprint density at radius 1 is 0.875 bits per heavy atom. The maximum Gasteiger partial charge on any atom is 0.259 e. The standard InChI is InChI=1S/C49H64N5O7PS2/c1-37(2)54(38(3)4)62(60-32-15-29-50)61-45-34-42(53(35-45)48(56)19-11-8-13-30-51-46(55)28-33-63-64-47-18-12-14-31-52-47)36-59-49(39-16-9-7-10-17-39,40-20-24-43(57-5)25-21-40)41-22-26-44(58-6)27-23-41/h7,9-10,12,14,16-18,20-27,31,37-38,42,45H,8,11,13,15,19,28,30,32-36H2,1-6H3,(H,51,55)/t42-,45+,62?/m0/s1. The number of hydrogen-bond donors (Lipinski definition) is 1. The summed E-state index contributed by atoms with van der Waals surface area (Å²) in [5, 5.41) is 13.3. The number of benzene rings is 3. The van der Waals surface area contributed by atoms with Crippen LogP contribution in [0, 0.1) is 11.3 Å². The summed E-state index contributed by atoms with van der Waals surface area (Å²) in [6.45, 7) is 9.88. The molecule has 5 rings (SSSR count). The molecular formula is C49H64N5O7PS2. The molecule has 3 atom stereocenters. The average Bonchev–Trinajstić information content (AvgIpc) is 3.72. The van der Waals surface area contributed by atoms with Crippen molar-refractivity contribution in [1.82, 2.24) is 19.9 Å². The molecule has 64 heavy (non-hydrogen) atoms. The van der Waals surface area contributed by atoms with Crippen LogP contribution in [-0.2, 0) is 29.0 Å². The predicted octanol–water partition coefficient (Wildman–Crippen LogP) is 10.2. The lowest BCUT2D eigenvalue weighted by molar-refractivity contribution is -0.134. The Morgan fingerprint density at radius 3 is 2.11 bits per heavy atom. The molecule has 4 aromatic rings. The van der Waals surface area contributed by atoms with E-state index < -0.39 is 14.1 Å². The first-order chi connectivity index (χ1) is 31.1. The number of ether oxygens (including phenoxy) is 3. The molecule has 0 bridgehead atoms. The van der Waals surface area contributed by atoms with E-state index in [1.807, 2.05) is 89.8 Å². The molecule has 0 spiro atoms. The Bertz CT molecular complexity index is 1970. The maximum atomic E-state index is 14.4. The Labute approximate surface area is 389 Å². The highest BCUT2D eigenvalue weighted by molar-refractivity contribution is 8.76.